The van der Waals surface area contributed by atoms with E-state index in [1.54, 1.807) is 0 Å². The molecule has 0 spiro atoms. The molecule has 0 saturated heterocycles. The van der Waals surface area contributed by atoms with E-state index in [-0.39, 0.29) is 21.8 Å². The van der Waals surface area contributed by atoms with Crippen molar-refractivity contribution in [2.75, 3.05) is 0 Å². The van der Waals surface area contributed by atoms with Gasteiger partial charge in [0.1, 0.15) is 17.9 Å². The molecule has 6 heteroatoms. The molecule has 0 unspecified atom stereocenters. The van der Waals surface area contributed by atoms with Crippen LogP contribution in [0.25, 0.3) is 0 Å². The molecule has 0 saturated carbocycles. The number of aromatic nitrogens is 2. The summed E-state index contributed by atoms with van der Waals surface area (Å²) in [5.41, 5.74) is 0.191. The molecular weight excluding hydrogens is 294 g/mol. The maximum Gasteiger partial charge on any atom is 0.259 e. The smallest absolute Gasteiger partial charge is 0.259 e. The van der Waals surface area contributed by atoms with Crippen LogP contribution in [0.15, 0.2) is 29.0 Å². The van der Waals surface area contributed by atoms with Crippen molar-refractivity contribution in [1.82, 2.24) is 9.97 Å². The van der Waals surface area contributed by atoms with Gasteiger partial charge in [-0.2, -0.15) is 9.37 Å². The highest BCUT2D eigenvalue weighted by atomic mass is 79.9. The molecule has 0 radical (unpaired) electrons. The monoisotopic (exact) mass is 300 g/mol. The van der Waals surface area contributed by atoms with E-state index in [0.717, 1.165) is 0 Å². The fourth-order valence-corrected chi connectivity index (χ4v) is 1.52. The Balaban J connectivity index is 2.31. The van der Waals surface area contributed by atoms with E-state index in [4.69, 9.17) is 4.74 Å². The molecule has 2 rings (SSSR count). The lowest BCUT2D eigenvalue weighted by atomic mass is 10.3. The van der Waals surface area contributed by atoms with Gasteiger partial charge in [0, 0.05) is 0 Å². The van der Waals surface area contributed by atoms with Gasteiger partial charge in [0.15, 0.2) is 0 Å². The van der Waals surface area contributed by atoms with Crippen LogP contribution in [0.2, 0.25) is 0 Å². The Morgan fingerprint density at radius 3 is 2.71 bits per heavy atom. The molecule has 0 aliphatic carbocycles. The van der Waals surface area contributed by atoms with Gasteiger partial charge in [-0.1, -0.05) is 0 Å². The second-order valence-electron chi connectivity index (χ2n) is 3.26. The van der Waals surface area contributed by atoms with Crippen LogP contribution in [0.3, 0.4) is 0 Å². The van der Waals surface area contributed by atoms with Crippen molar-refractivity contribution in [2.45, 2.75) is 6.92 Å². The maximum absolute atomic E-state index is 13.5. The van der Waals surface area contributed by atoms with Crippen molar-refractivity contribution < 1.29 is 13.5 Å². The lowest BCUT2D eigenvalue weighted by Crippen LogP contribution is -1.96. The quantitative estimate of drug-likeness (QED) is 0.850. The van der Waals surface area contributed by atoms with Gasteiger partial charge >= 0.3 is 0 Å². The Morgan fingerprint density at radius 2 is 2.00 bits per heavy atom. The second-order valence-corrected chi connectivity index (χ2v) is 4.11. The summed E-state index contributed by atoms with van der Waals surface area (Å²) in [7, 11) is 0. The van der Waals surface area contributed by atoms with Gasteiger partial charge in [0.2, 0.25) is 5.82 Å². The predicted octanol–water partition coefficient (Wildman–Crippen LogP) is 3.62. The first-order valence-corrected chi connectivity index (χ1v) is 5.47. The molecule has 0 aliphatic rings. The molecular formula is C11H7BrF2N2O. The van der Waals surface area contributed by atoms with Crippen molar-refractivity contribution in [2.24, 2.45) is 0 Å². The molecule has 2 aromatic rings. The van der Waals surface area contributed by atoms with E-state index in [9.17, 15) is 8.78 Å². The van der Waals surface area contributed by atoms with E-state index >= 15 is 0 Å². The number of rotatable bonds is 2. The minimum atomic E-state index is -0.632. The van der Waals surface area contributed by atoms with E-state index in [1.165, 1.54) is 31.5 Å². The Hall–Kier alpha value is -1.56. The zero-order valence-electron chi connectivity index (χ0n) is 8.75. The van der Waals surface area contributed by atoms with Gasteiger partial charge in [-0.05, 0) is 41.1 Å². The molecule has 0 amide bonds. The summed E-state index contributed by atoms with van der Waals surface area (Å²) in [5, 5.41) is 0. The van der Waals surface area contributed by atoms with Crippen molar-refractivity contribution >= 4 is 15.9 Å². The highest BCUT2D eigenvalue weighted by Crippen LogP contribution is 2.26. The minimum Gasteiger partial charge on any atom is -0.436 e. The molecule has 0 fully saturated rings. The van der Waals surface area contributed by atoms with Crippen LogP contribution in [-0.4, -0.2) is 9.97 Å². The predicted molar refractivity (Wildman–Crippen MR) is 60.9 cm³/mol. The van der Waals surface area contributed by atoms with Gasteiger partial charge in [0.25, 0.3) is 5.88 Å². The van der Waals surface area contributed by atoms with Crippen molar-refractivity contribution in [3.63, 3.8) is 0 Å². The topological polar surface area (TPSA) is 35.0 Å². The fourth-order valence-electron chi connectivity index (χ4n) is 1.16. The first-order chi connectivity index (χ1) is 8.08. The summed E-state index contributed by atoms with van der Waals surface area (Å²) in [6.45, 7) is 1.50. The van der Waals surface area contributed by atoms with Gasteiger partial charge in [-0.15, -0.1) is 0 Å². The van der Waals surface area contributed by atoms with E-state index < -0.39 is 11.6 Å². The summed E-state index contributed by atoms with van der Waals surface area (Å²) in [6.07, 6.45) is 1.20. The molecule has 88 valence electrons. The van der Waals surface area contributed by atoms with Crippen LogP contribution in [0, 0.1) is 18.6 Å². The fraction of sp³-hybridized carbons (Fsp3) is 0.0909. The van der Waals surface area contributed by atoms with Crippen LogP contribution in [-0.2, 0) is 0 Å². The number of hydrogen-bond acceptors (Lipinski definition) is 3. The molecule has 1 heterocycles. The molecule has 0 N–H and O–H groups in total. The first-order valence-electron chi connectivity index (χ1n) is 4.68. The number of hydrogen-bond donors (Lipinski definition) is 0. The van der Waals surface area contributed by atoms with Crippen LogP contribution in [0.1, 0.15) is 5.69 Å². The molecule has 0 aliphatic heterocycles. The van der Waals surface area contributed by atoms with Gasteiger partial charge in [-0.25, -0.2) is 9.37 Å². The number of nitrogens with zero attached hydrogens (tertiary/aromatic N) is 2. The zero-order valence-corrected chi connectivity index (χ0v) is 10.3. The lowest BCUT2D eigenvalue weighted by Gasteiger charge is -2.06. The normalized spacial score (nSPS) is 10.4. The molecule has 0 bridgehead atoms. The van der Waals surface area contributed by atoms with E-state index in [2.05, 4.69) is 25.9 Å². The summed E-state index contributed by atoms with van der Waals surface area (Å²) < 4.78 is 32.0. The van der Waals surface area contributed by atoms with Crippen LogP contribution in [0.4, 0.5) is 8.78 Å². The highest BCUT2D eigenvalue weighted by molar-refractivity contribution is 9.10. The second kappa shape index (κ2) is 4.75. The molecule has 1 aromatic carbocycles. The van der Waals surface area contributed by atoms with Crippen molar-refractivity contribution in [3.05, 3.63) is 46.3 Å². The van der Waals surface area contributed by atoms with Crippen LogP contribution >= 0.6 is 15.9 Å². The molecule has 1 aromatic heterocycles. The summed E-state index contributed by atoms with van der Waals surface area (Å²) in [4.78, 5) is 7.35. The number of halogens is 3. The zero-order chi connectivity index (χ0) is 12.4. The third kappa shape index (κ3) is 2.58. The SMILES string of the molecule is Cc1ncnc(Oc2ccc(F)c(Br)c2)c1F. The van der Waals surface area contributed by atoms with Crippen LogP contribution in [0.5, 0.6) is 11.6 Å². The Labute approximate surface area is 105 Å². The average molecular weight is 301 g/mol. The average Bonchev–Trinajstić information content (AvgIpc) is 2.30. The number of aryl methyl sites for hydroxylation is 1. The van der Waals surface area contributed by atoms with Crippen molar-refractivity contribution in [1.29, 1.82) is 0 Å². The standard InChI is InChI=1S/C11H7BrF2N2O/c1-6-10(14)11(16-5-15-6)17-7-2-3-9(13)8(12)4-7/h2-5H,1H3. The Bertz CT molecular complexity index is 563. The van der Waals surface area contributed by atoms with Gasteiger partial charge in [-0.3, -0.25) is 0 Å². The minimum absolute atomic E-state index is 0.184. The first kappa shape index (κ1) is 11.9. The van der Waals surface area contributed by atoms with E-state index in [1.807, 2.05) is 0 Å². The number of ether oxygens (including phenoxy) is 1. The number of benzene rings is 1. The molecule has 17 heavy (non-hydrogen) atoms. The van der Waals surface area contributed by atoms with Crippen molar-refractivity contribution in [3.8, 4) is 11.6 Å². The van der Waals surface area contributed by atoms with Gasteiger partial charge in [0.05, 0.1) is 10.2 Å². The summed E-state index contributed by atoms with van der Waals surface area (Å²) >= 11 is 3.01. The Morgan fingerprint density at radius 1 is 1.24 bits per heavy atom. The molecule has 3 nitrogen and oxygen atoms in total. The third-order valence-electron chi connectivity index (χ3n) is 2.04. The van der Waals surface area contributed by atoms with Crippen LogP contribution < -0.4 is 4.74 Å². The summed E-state index contributed by atoms with van der Waals surface area (Å²) in [5.74, 6) is -0.948. The Kier molecular flexibility index (Phi) is 3.33. The highest BCUT2D eigenvalue weighted by Gasteiger charge is 2.10. The summed E-state index contributed by atoms with van der Waals surface area (Å²) in [6, 6.07) is 3.99. The van der Waals surface area contributed by atoms with E-state index in [0.29, 0.717) is 0 Å². The largest absolute Gasteiger partial charge is 0.436 e. The maximum atomic E-state index is 13.5. The lowest BCUT2D eigenvalue weighted by molar-refractivity contribution is 0.415. The third-order valence-corrected chi connectivity index (χ3v) is 2.65. The molecule has 0 atom stereocenters. The van der Waals surface area contributed by atoms with Gasteiger partial charge < -0.3 is 4.74 Å².